The molecular weight excluding hydrogens is 316 g/mol. The van der Waals surface area contributed by atoms with Crippen molar-refractivity contribution >= 4 is 23.6 Å². The van der Waals surface area contributed by atoms with Crippen molar-refractivity contribution in [2.75, 3.05) is 33.0 Å². The van der Waals surface area contributed by atoms with E-state index in [-0.39, 0.29) is 0 Å². The molecule has 1 amide bonds. The van der Waals surface area contributed by atoms with E-state index < -0.39 is 11.3 Å². The molecule has 23 heavy (non-hydrogen) atoms. The lowest BCUT2D eigenvalue weighted by Gasteiger charge is -2.42. The fourth-order valence-corrected chi connectivity index (χ4v) is 2.86. The fraction of sp³-hybridized carbons (Fsp3) is 0.875. The molecule has 0 bridgehead atoms. The maximum absolute atomic E-state index is 10.8. The lowest BCUT2D eigenvalue weighted by molar-refractivity contribution is -0.117. The molecule has 1 unspecified atom stereocenters. The first-order valence-electron chi connectivity index (χ1n) is 8.55. The van der Waals surface area contributed by atoms with Crippen LogP contribution in [0, 0.1) is 0 Å². The van der Waals surface area contributed by atoms with Crippen LogP contribution in [-0.2, 0) is 9.59 Å². The first-order valence-corrected chi connectivity index (χ1v) is 8.99. The predicted molar refractivity (Wildman–Crippen MR) is 91.9 cm³/mol. The van der Waals surface area contributed by atoms with Crippen molar-refractivity contribution in [2.24, 2.45) is 10.7 Å². The molecule has 1 fully saturated rings. The van der Waals surface area contributed by atoms with Crippen molar-refractivity contribution < 1.29 is 9.59 Å². The minimum Gasteiger partial charge on any atom is -0.368 e. The Morgan fingerprint density at radius 2 is 1.61 bits per heavy atom. The Morgan fingerprint density at radius 1 is 1.04 bits per heavy atom. The predicted octanol–water partition coefficient (Wildman–Crippen LogP) is 2.07. The van der Waals surface area contributed by atoms with Gasteiger partial charge in [0.25, 0.3) is 0 Å². The Labute approximate surface area is 144 Å². The van der Waals surface area contributed by atoms with Crippen LogP contribution in [0.3, 0.4) is 0 Å². The third-order valence-corrected chi connectivity index (χ3v) is 4.53. The van der Waals surface area contributed by atoms with E-state index in [1.807, 2.05) is 0 Å². The standard InChI is InChI=1S/C16H29ClN4O2/c17-15(16(18)23)8-4-3-7-11-21-13-20(14-21)10-6-2-1-5-9-19-12-22/h15H,1-11,13-14H2,(H2,18,23). The van der Waals surface area contributed by atoms with E-state index in [2.05, 4.69) is 14.8 Å². The van der Waals surface area contributed by atoms with E-state index in [1.54, 1.807) is 6.08 Å². The number of aliphatic imine (C=N–C) groups is 1. The number of amides is 1. The van der Waals surface area contributed by atoms with Gasteiger partial charge in [-0.3, -0.25) is 14.6 Å². The van der Waals surface area contributed by atoms with Crippen LogP contribution >= 0.6 is 11.6 Å². The number of isocyanates is 1. The minimum atomic E-state index is -0.514. The van der Waals surface area contributed by atoms with Gasteiger partial charge >= 0.3 is 0 Å². The largest absolute Gasteiger partial charge is 0.368 e. The van der Waals surface area contributed by atoms with E-state index in [4.69, 9.17) is 17.3 Å². The van der Waals surface area contributed by atoms with Crippen molar-refractivity contribution in [3.05, 3.63) is 0 Å². The number of carbonyl (C=O) groups is 1. The number of carbonyl (C=O) groups excluding carboxylic acids is 2. The van der Waals surface area contributed by atoms with Crippen LogP contribution in [0.25, 0.3) is 0 Å². The molecule has 0 aromatic heterocycles. The second-order valence-corrected chi connectivity index (χ2v) is 6.70. The molecule has 6 nitrogen and oxygen atoms in total. The number of alkyl halides is 1. The molecular formula is C16H29ClN4O2. The van der Waals surface area contributed by atoms with E-state index in [0.29, 0.717) is 13.0 Å². The minimum absolute atomic E-state index is 0.415. The van der Waals surface area contributed by atoms with Crippen LogP contribution in [0.4, 0.5) is 0 Å². The van der Waals surface area contributed by atoms with Gasteiger partial charge in [-0.15, -0.1) is 11.6 Å². The number of unbranched alkanes of at least 4 members (excludes halogenated alkanes) is 5. The summed E-state index contributed by atoms with van der Waals surface area (Å²) in [5, 5.41) is -0.514. The third-order valence-electron chi connectivity index (χ3n) is 4.10. The van der Waals surface area contributed by atoms with Gasteiger partial charge in [-0.2, -0.15) is 0 Å². The van der Waals surface area contributed by atoms with Crippen LogP contribution in [-0.4, -0.2) is 60.1 Å². The van der Waals surface area contributed by atoms with Crippen LogP contribution in [0.1, 0.15) is 51.4 Å². The number of rotatable bonds is 14. The lowest BCUT2D eigenvalue weighted by atomic mass is 10.1. The number of primary amides is 1. The average molecular weight is 345 g/mol. The maximum Gasteiger partial charge on any atom is 0.235 e. The Kier molecular flexibility index (Phi) is 10.9. The Hall–Kier alpha value is -0.940. The molecule has 1 saturated heterocycles. The van der Waals surface area contributed by atoms with Gasteiger partial charge in [0.05, 0.1) is 19.9 Å². The highest BCUT2D eigenvalue weighted by molar-refractivity contribution is 6.30. The van der Waals surface area contributed by atoms with E-state index in [9.17, 15) is 9.59 Å². The topological polar surface area (TPSA) is 79.0 Å². The lowest BCUT2D eigenvalue weighted by Crippen LogP contribution is -2.55. The van der Waals surface area contributed by atoms with E-state index in [1.165, 1.54) is 12.8 Å². The number of nitrogens with zero attached hydrogens (tertiary/aromatic N) is 3. The summed E-state index contributed by atoms with van der Waals surface area (Å²) in [6, 6.07) is 0. The molecule has 1 aliphatic heterocycles. The molecule has 132 valence electrons. The third kappa shape index (κ3) is 9.72. The van der Waals surface area contributed by atoms with Crippen molar-refractivity contribution in [3.63, 3.8) is 0 Å². The van der Waals surface area contributed by atoms with Gasteiger partial charge in [0.15, 0.2) is 0 Å². The maximum atomic E-state index is 10.8. The first kappa shape index (κ1) is 20.1. The Morgan fingerprint density at radius 3 is 2.17 bits per heavy atom. The molecule has 1 atom stereocenters. The molecule has 0 aromatic rings. The summed E-state index contributed by atoms with van der Waals surface area (Å²) in [6.45, 7) is 5.01. The highest BCUT2D eigenvalue weighted by Gasteiger charge is 2.22. The number of nitrogens with two attached hydrogens (primary N) is 1. The summed E-state index contributed by atoms with van der Waals surface area (Å²) >= 11 is 5.80. The SMILES string of the molecule is NC(=O)C(Cl)CCCCCN1CN(CCCCCCN=C=O)C1. The fourth-order valence-electron chi connectivity index (χ4n) is 2.71. The van der Waals surface area contributed by atoms with E-state index >= 15 is 0 Å². The zero-order chi connectivity index (χ0) is 16.9. The summed E-state index contributed by atoms with van der Waals surface area (Å²) in [5.74, 6) is -0.415. The quantitative estimate of drug-likeness (QED) is 0.226. The average Bonchev–Trinajstić information content (AvgIpc) is 2.49. The van der Waals surface area contributed by atoms with Crippen LogP contribution in [0.2, 0.25) is 0 Å². The highest BCUT2D eigenvalue weighted by Crippen LogP contribution is 2.14. The van der Waals surface area contributed by atoms with Gasteiger partial charge in [0, 0.05) is 13.1 Å². The molecule has 0 aliphatic carbocycles. The van der Waals surface area contributed by atoms with Crippen molar-refractivity contribution in [1.82, 2.24) is 9.80 Å². The molecule has 1 aliphatic rings. The van der Waals surface area contributed by atoms with Gasteiger partial charge in [-0.1, -0.05) is 25.7 Å². The zero-order valence-electron chi connectivity index (χ0n) is 13.9. The summed E-state index contributed by atoms with van der Waals surface area (Å²) in [6.07, 6.45) is 9.98. The molecule has 7 heteroatoms. The molecule has 0 spiro atoms. The summed E-state index contributed by atoms with van der Waals surface area (Å²) < 4.78 is 0. The second kappa shape index (κ2) is 12.5. The van der Waals surface area contributed by atoms with Gasteiger partial charge in [0.1, 0.15) is 5.38 Å². The van der Waals surface area contributed by atoms with Crippen molar-refractivity contribution in [2.45, 2.75) is 56.7 Å². The van der Waals surface area contributed by atoms with Gasteiger partial charge in [-0.25, -0.2) is 9.79 Å². The smallest absolute Gasteiger partial charge is 0.235 e. The molecule has 0 saturated carbocycles. The molecule has 2 N–H and O–H groups in total. The van der Waals surface area contributed by atoms with Crippen LogP contribution < -0.4 is 5.73 Å². The number of hydrogen-bond acceptors (Lipinski definition) is 5. The summed E-state index contributed by atoms with van der Waals surface area (Å²) in [7, 11) is 0. The molecule has 1 heterocycles. The van der Waals surface area contributed by atoms with Gasteiger partial charge in [-0.05, 0) is 25.7 Å². The molecule has 1 rings (SSSR count). The molecule has 0 radical (unpaired) electrons. The monoisotopic (exact) mass is 344 g/mol. The van der Waals surface area contributed by atoms with Crippen molar-refractivity contribution in [1.29, 1.82) is 0 Å². The zero-order valence-corrected chi connectivity index (χ0v) is 14.6. The van der Waals surface area contributed by atoms with Crippen LogP contribution in [0.15, 0.2) is 4.99 Å². The normalized spacial score (nSPS) is 16.6. The van der Waals surface area contributed by atoms with Crippen molar-refractivity contribution in [3.8, 4) is 0 Å². The second-order valence-electron chi connectivity index (χ2n) is 6.18. The Bertz CT molecular complexity index is 382. The first-order chi connectivity index (χ1) is 11.1. The highest BCUT2D eigenvalue weighted by atomic mass is 35.5. The number of hydrogen-bond donors (Lipinski definition) is 1. The summed E-state index contributed by atoms with van der Waals surface area (Å²) in [5.41, 5.74) is 5.12. The molecule has 0 aromatic carbocycles. The number of halogens is 1. The van der Waals surface area contributed by atoms with E-state index in [0.717, 1.165) is 58.5 Å². The van der Waals surface area contributed by atoms with Crippen LogP contribution in [0.5, 0.6) is 0 Å². The van der Waals surface area contributed by atoms with Gasteiger partial charge < -0.3 is 5.73 Å². The van der Waals surface area contributed by atoms with Gasteiger partial charge in [0.2, 0.25) is 12.0 Å². The Balaban J connectivity index is 1.83. The summed E-state index contributed by atoms with van der Waals surface area (Å²) in [4.78, 5) is 29.1.